The molecule has 1 fully saturated rings. The first-order chi connectivity index (χ1) is 8.69. The number of halogens is 1. The van der Waals surface area contributed by atoms with Crippen LogP contribution in [0.15, 0.2) is 6.20 Å². The van der Waals surface area contributed by atoms with E-state index in [0.717, 1.165) is 32.4 Å². The van der Waals surface area contributed by atoms with E-state index in [4.69, 9.17) is 11.6 Å². The molecule has 6 heteroatoms. The van der Waals surface area contributed by atoms with E-state index in [0.29, 0.717) is 22.7 Å². The van der Waals surface area contributed by atoms with Crippen molar-refractivity contribution < 1.29 is 5.11 Å². The number of hydrogen-bond donors (Lipinski definition) is 3. The molecule has 0 aromatic carbocycles. The molecule has 2 unspecified atom stereocenters. The molecule has 100 valence electrons. The largest absolute Gasteiger partial charge is 0.393 e. The Hall–Kier alpha value is -1.07. The maximum atomic E-state index is 9.48. The highest BCUT2D eigenvalue weighted by molar-refractivity contribution is 6.32. The van der Waals surface area contributed by atoms with E-state index in [1.807, 2.05) is 6.92 Å². The average molecular weight is 271 g/mol. The summed E-state index contributed by atoms with van der Waals surface area (Å²) in [5.41, 5.74) is 0. The molecular formula is C12H19ClN4O. The van der Waals surface area contributed by atoms with Gasteiger partial charge in [0.2, 0.25) is 5.95 Å². The molecule has 2 rings (SSSR count). The molecule has 1 heterocycles. The SMILES string of the molecule is CCNc1ncc(Cl)c(NCC2CCC(O)C2)n1. The number of aliphatic hydroxyl groups excluding tert-OH is 1. The van der Waals surface area contributed by atoms with Crippen LogP contribution in [0.4, 0.5) is 11.8 Å². The summed E-state index contributed by atoms with van der Waals surface area (Å²) < 4.78 is 0. The zero-order valence-electron chi connectivity index (χ0n) is 10.5. The summed E-state index contributed by atoms with van der Waals surface area (Å²) in [7, 11) is 0. The second-order valence-electron chi connectivity index (χ2n) is 4.63. The standard InChI is InChI=1S/C12H19ClN4O/c1-2-14-12-16-7-10(13)11(17-12)15-6-8-3-4-9(18)5-8/h7-9,18H,2-6H2,1H3,(H2,14,15,16,17). The highest BCUT2D eigenvalue weighted by atomic mass is 35.5. The second kappa shape index (κ2) is 6.20. The fourth-order valence-electron chi connectivity index (χ4n) is 2.21. The molecule has 0 bridgehead atoms. The van der Waals surface area contributed by atoms with Crippen molar-refractivity contribution in [2.75, 3.05) is 23.7 Å². The van der Waals surface area contributed by atoms with Crippen LogP contribution in [0.5, 0.6) is 0 Å². The smallest absolute Gasteiger partial charge is 0.224 e. The Morgan fingerprint density at radius 3 is 2.94 bits per heavy atom. The van der Waals surface area contributed by atoms with Gasteiger partial charge in [0.05, 0.1) is 12.3 Å². The Balaban J connectivity index is 1.93. The maximum Gasteiger partial charge on any atom is 0.224 e. The first-order valence-corrected chi connectivity index (χ1v) is 6.75. The molecular weight excluding hydrogens is 252 g/mol. The van der Waals surface area contributed by atoms with Gasteiger partial charge < -0.3 is 15.7 Å². The Morgan fingerprint density at radius 1 is 1.44 bits per heavy atom. The molecule has 1 aliphatic carbocycles. The number of rotatable bonds is 5. The molecule has 2 atom stereocenters. The lowest BCUT2D eigenvalue weighted by Gasteiger charge is -2.13. The highest BCUT2D eigenvalue weighted by Crippen LogP contribution is 2.26. The number of aliphatic hydroxyl groups is 1. The van der Waals surface area contributed by atoms with Gasteiger partial charge >= 0.3 is 0 Å². The predicted octanol–water partition coefficient (Wildman–Crippen LogP) is 2.13. The molecule has 1 saturated carbocycles. The van der Waals surface area contributed by atoms with Crippen molar-refractivity contribution in [1.82, 2.24) is 9.97 Å². The zero-order chi connectivity index (χ0) is 13.0. The van der Waals surface area contributed by atoms with E-state index < -0.39 is 0 Å². The van der Waals surface area contributed by atoms with Crippen LogP contribution >= 0.6 is 11.6 Å². The minimum absolute atomic E-state index is 0.144. The lowest BCUT2D eigenvalue weighted by atomic mass is 10.1. The summed E-state index contributed by atoms with van der Waals surface area (Å²) in [4.78, 5) is 8.40. The van der Waals surface area contributed by atoms with Crippen LogP contribution in [-0.2, 0) is 0 Å². The van der Waals surface area contributed by atoms with Gasteiger partial charge in [-0.3, -0.25) is 0 Å². The number of nitrogens with one attached hydrogen (secondary N) is 2. The molecule has 0 radical (unpaired) electrons. The van der Waals surface area contributed by atoms with Crippen molar-refractivity contribution in [3.05, 3.63) is 11.2 Å². The van der Waals surface area contributed by atoms with Crippen molar-refractivity contribution in [2.45, 2.75) is 32.3 Å². The second-order valence-corrected chi connectivity index (χ2v) is 5.04. The highest BCUT2D eigenvalue weighted by Gasteiger charge is 2.22. The Kier molecular flexibility index (Phi) is 4.60. The number of nitrogens with zero attached hydrogens (tertiary/aromatic N) is 2. The zero-order valence-corrected chi connectivity index (χ0v) is 11.2. The quantitative estimate of drug-likeness (QED) is 0.765. The third kappa shape index (κ3) is 3.46. The summed E-state index contributed by atoms with van der Waals surface area (Å²) >= 11 is 6.05. The molecule has 3 N–H and O–H groups in total. The first kappa shape index (κ1) is 13.4. The molecule has 18 heavy (non-hydrogen) atoms. The van der Waals surface area contributed by atoms with Crippen molar-refractivity contribution in [1.29, 1.82) is 0 Å². The summed E-state index contributed by atoms with van der Waals surface area (Å²) in [6, 6.07) is 0. The van der Waals surface area contributed by atoms with Crippen molar-refractivity contribution in [3.63, 3.8) is 0 Å². The number of aromatic nitrogens is 2. The number of hydrogen-bond acceptors (Lipinski definition) is 5. The van der Waals surface area contributed by atoms with Crippen LogP contribution in [0, 0.1) is 5.92 Å². The Morgan fingerprint density at radius 2 is 2.28 bits per heavy atom. The lowest BCUT2D eigenvalue weighted by molar-refractivity contribution is 0.178. The van der Waals surface area contributed by atoms with Gasteiger partial charge in [-0.2, -0.15) is 4.98 Å². The minimum Gasteiger partial charge on any atom is -0.393 e. The van der Waals surface area contributed by atoms with Gasteiger partial charge in [0.15, 0.2) is 0 Å². The minimum atomic E-state index is -0.144. The van der Waals surface area contributed by atoms with Crippen molar-refractivity contribution >= 4 is 23.4 Å². The van der Waals surface area contributed by atoms with Crippen LogP contribution in [0.2, 0.25) is 5.02 Å². The van der Waals surface area contributed by atoms with Gasteiger partial charge in [0.1, 0.15) is 10.8 Å². The molecule has 0 saturated heterocycles. The summed E-state index contributed by atoms with van der Waals surface area (Å²) in [6.07, 6.45) is 4.26. The molecule has 1 aromatic rings. The topological polar surface area (TPSA) is 70.1 Å². The van der Waals surface area contributed by atoms with Crippen LogP contribution < -0.4 is 10.6 Å². The predicted molar refractivity (Wildman–Crippen MR) is 73.0 cm³/mol. The van der Waals surface area contributed by atoms with E-state index in [1.165, 1.54) is 0 Å². The van der Waals surface area contributed by atoms with E-state index in [-0.39, 0.29) is 6.10 Å². The first-order valence-electron chi connectivity index (χ1n) is 6.37. The van der Waals surface area contributed by atoms with Gasteiger partial charge in [0, 0.05) is 13.1 Å². The normalized spacial score (nSPS) is 23.1. The molecule has 0 amide bonds. The maximum absolute atomic E-state index is 9.48. The van der Waals surface area contributed by atoms with Gasteiger partial charge in [0.25, 0.3) is 0 Å². The molecule has 5 nitrogen and oxygen atoms in total. The third-order valence-electron chi connectivity index (χ3n) is 3.15. The van der Waals surface area contributed by atoms with Crippen LogP contribution in [-0.4, -0.2) is 34.3 Å². The third-order valence-corrected chi connectivity index (χ3v) is 3.43. The van der Waals surface area contributed by atoms with E-state index in [9.17, 15) is 5.11 Å². The van der Waals surface area contributed by atoms with Crippen molar-refractivity contribution in [3.8, 4) is 0 Å². The Bertz CT molecular complexity index is 402. The molecule has 1 aromatic heterocycles. The fraction of sp³-hybridized carbons (Fsp3) is 0.667. The summed E-state index contributed by atoms with van der Waals surface area (Å²) in [5.74, 6) is 1.73. The van der Waals surface area contributed by atoms with E-state index >= 15 is 0 Å². The van der Waals surface area contributed by atoms with Gasteiger partial charge in [-0.15, -0.1) is 0 Å². The Labute approximate surface area is 112 Å². The van der Waals surface area contributed by atoms with Crippen molar-refractivity contribution in [2.24, 2.45) is 5.92 Å². The summed E-state index contributed by atoms with van der Waals surface area (Å²) in [6.45, 7) is 3.56. The monoisotopic (exact) mass is 270 g/mol. The lowest BCUT2D eigenvalue weighted by Crippen LogP contribution is -2.14. The summed E-state index contributed by atoms with van der Waals surface area (Å²) in [5, 5.41) is 16.3. The van der Waals surface area contributed by atoms with Gasteiger partial charge in [-0.05, 0) is 32.1 Å². The molecule has 0 aliphatic heterocycles. The molecule has 0 spiro atoms. The number of anilines is 2. The molecule has 1 aliphatic rings. The van der Waals surface area contributed by atoms with E-state index in [1.54, 1.807) is 6.20 Å². The van der Waals surface area contributed by atoms with Crippen LogP contribution in [0.1, 0.15) is 26.2 Å². The van der Waals surface area contributed by atoms with E-state index in [2.05, 4.69) is 20.6 Å². The van der Waals surface area contributed by atoms with Crippen LogP contribution in [0.25, 0.3) is 0 Å². The fourth-order valence-corrected chi connectivity index (χ4v) is 2.37. The average Bonchev–Trinajstić information content (AvgIpc) is 2.76. The van der Waals surface area contributed by atoms with Gasteiger partial charge in [-0.25, -0.2) is 4.98 Å². The van der Waals surface area contributed by atoms with Crippen LogP contribution in [0.3, 0.4) is 0 Å². The van der Waals surface area contributed by atoms with Gasteiger partial charge in [-0.1, -0.05) is 11.6 Å².